The minimum Gasteiger partial charge on any atom is -0.456 e. The number of nitrogens with one attached hydrogen (secondary N) is 1. The van der Waals surface area contributed by atoms with Crippen LogP contribution in [0, 0.1) is 11.8 Å². The molecule has 0 unspecified atom stereocenters. The summed E-state index contributed by atoms with van der Waals surface area (Å²) in [7, 11) is 0. The number of para-hydroxylation sites is 1. The van der Waals surface area contributed by atoms with Gasteiger partial charge in [-0.2, -0.15) is 0 Å². The molecule has 0 saturated heterocycles. The second kappa shape index (κ2) is 7.13. The Morgan fingerprint density at radius 1 is 1.53 bits per heavy atom. The average molecular weight is 229 g/mol. The highest BCUT2D eigenvalue weighted by atomic mass is 16.5. The number of carbonyl (C=O) groups excluding carboxylic acids is 1. The van der Waals surface area contributed by atoms with Crippen LogP contribution in [0.3, 0.4) is 0 Å². The lowest BCUT2D eigenvalue weighted by atomic mass is 10.2. The van der Waals surface area contributed by atoms with Crippen molar-refractivity contribution in [1.82, 2.24) is 0 Å². The Hall–Kier alpha value is -2.21. The van der Waals surface area contributed by atoms with Crippen LogP contribution >= 0.6 is 0 Å². The van der Waals surface area contributed by atoms with E-state index in [1.807, 2.05) is 24.3 Å². The minimum atomic E-state index is -0.508. The van der Waals surface area contributed by atoms with E-state index in [2.05, 4.69) is 23.7 Å². The molecular formula is C14H15NO2. The molecule has 0 saturated carbocycles. The Morgan fingerprint density at radius 2 is 2.29 bits per heavy atom. The van der Waals surface area contributed by atoms with Crippen LogP contribution in [0.2, 0.25) is 0 Å². The van der Waals surface area contributed by atoms with E-state index in [9.17, 15) is 4.79 Å². The molecule has 1 rings (SSSR count). The van der Waals surface area contributed by atoms with Crippen molar-refractivity contribution in [1.29, 1.82) is 0 Å². The molecule has 0 aliphatic heterocycles. The Labute approximate surface area is 101 Å². The molecule has 1 N–H and O–H groups in total. The van der Waals surface area contributed by atoms with Crippen molar-refractivity contribution in [3.8, 4) is 11.8 Å². The van der Waals surface area contributed by atoms with Gasteiger partial charge in [0.15, 0.2) is 0 Å². The summed E-state index contributed by atoms with van der Waals surface area (Å²) < 4.78 is 4.74. The first kappa shape index (κ1) is 12.9. The fraction of sp³-hybridized carbons (Fsp3) is 0.214. The van der Waals surface area contributed by atoms with Gasteiger partial charge >= 0.3 is 5.97 Å². The van der Waals surface area contributed by atoms with Gasteiger partial charge in [0.1, 0.15) is 0 Å². The van der Waals surface area contributed by atoms with Gasteiger partial charge in [0, 0.05) is 18.0 Å². The summed E-state index contributed by atoms with van der Waals surface area (Å²) in [4.78, 5) is 11.1. The van der Waals surface area contributed by atoms with Crippen LogP contribution in [0.5, 0.6) is 0 Å². The summed E-state index contributed by atoms with van der Waals surface area (Å²) in [5.41, 5.74) is 1.65. The van der Waals surface area contributed by atoms with Crippen LogP contribution in [-0.2, 0) is 9.53 Å². The summed E-state index contributed by atoms with van der Waals surface area (Å²) in [5.74, 6) is 4.72. The quantitative estimate of drug-likeness (QED) is 0.488. The maximum atomic E-state index is 11.1. The number of benzene rings is 1. The molecule has 0 aliphatic carbocycles. The first-order chi connectivity index (χ1) is 8.27. The highest BCUT2D eigenvalue weighted by Gasteiger charge is 1.98. The van der Waals surface area contributed by atoms with Gasteiger partial charge in [-0.3, -0.25) is 0 Å². The van der Waals surface area contributed by atoms with Gasteiger partial charge in [-0.1, -0.05) is 24.1 Å². The molecule has 0 atom stereocenters. The predicted octanol–water partition coefficient (Wildman–Crippen LogP) is 2.20. The molecule has 3 heteroatoms. The van der Waals surface area contributed by atoms with E-state index in [0.29, 0.717) is 13.2 Å². The lowest BCUT2D eigenvalue weighted by molar-refractivity contribution is -0.136. The molecule has 0 aliphatic rings. The molecule has 0 bridgehead atoms. The summed E-state index contributed by atoms with van der Waals surface area (Å²) in [5, 5.41) is 3.15. The third kappa shape index (κ3) is 4.43. The molecule has 1 aromatic rings. The van der Waals surface area contributed by atoms with Gasteiger partial charge in [-0.15, -0.1) is 6.58 Å². The maximum Gasteiger partial charge on any atom is 0.384 e. The molecule has 0 aromatic heterocycles. The Morgan fingerprint density at radius 3 is 3.00 bits per heavy atom. The number of ether oxygens (including phenoxy) is 1. The van der Waals surface area contributed by atoms with Crippen LogP contribution in [0.4, 0.5) is 5.69 Å². The molecule has 0 amide bonds. The minimum absolute atomic E-state index is 0.337. The van der Waals surface area contributed by atoms with Crippen LogP contribution in [0.25, 0.3) is 0 Å². The predicted molar refractivity (Wildman–Crippen MR) is 68.6 cm³/mol. The van der Waals surface area contributed by atoms with Crippen molar-refractivity contribution >= 4 is 11.7 Å². The summed E-state index contributed by atoms with van der Waals surface area (Å²) in [6.45, 7) is 6.37. The topological polar surface area (TPSA) is 38.3 Å². The van der Waals surface area contributed by atoms with E-state index >= 15 is 0 Å². The lowest BCUT2D eigenvalue weighted by Gasteiger charge is -2.05. The number of hydrogen-bond acceptors (Lipinski definition) is 3. The zero-order valence-electron chi connectivity index (χ0n) is 9.82. The van der Waals surface area contributed by atoms with Crippen molar-refractivity contribution in [2.45, 2.75) is 6.92 Å². The number of rotatable bonds is 4. The molecule has 0 spiro atoms. The largest absolute Gasteiger partial charge is 0.456 e. The van der Waals surface area contributed by atoms with Crippen molar-refractivity contribution in [2.75, 3.05) is 18.5 Å². The van der Waals surface area contributed by atoms with Gasteiger partial charge in [0.25, 0.3) is 0 Å². The smallest absolute Gasteiger partial charge is 0.384 e. The lowest BCUT2D eigenvalue weighted by Crippen LogP contribution is -2.01. The Balaban J connectivity index is 2.82. The van der Waals surface area contributed by atoms with E-state index in [0.717, 1.165) is 11.3 Å². The van der Waals surface area contributed by atoms with Crippen molar-refractivity contribution in [3.05, 3.63) is 42.5 Å². The molecule has 0 radical (unpaired) electrons. The molecule has 17 heavy (non-hydrogen) atoms. The standard InChI is InChI=1S/C14H15NO2/c1-3-11-15-13-8-6-5-7-12(13)9-10-14(16)17-4-2/h3,5-8,15H,1,4,11H2,2H3. The second-order valence-electron chi connectivity index (χ2n) is 3.19. The number of esters is 1. The third-order valence-electron chi connectivity index (χ3n) is 1.94. The van der Waals surface area contributed by atoms with Crippen LogP contribution < -0.4 is 5.32 Å². The van der Waals surface area contributed by atoms with E-state index in [-0.39, 0.29) is 0 Å². The van der Waals surface area contributed by atoms with E-state index in [1.165, 1.54) is 0 Å². The zero-order valence-corrected chi connectivity index (χ0v) is 9.82. The maximum absolute atomic E-state index is 11.1. The van der Waals surface area contributed by atoms with Crippen LogP contribution in [0.15, 0.2) is 36.9 Å². The second-order valence-corrected chi connectivity index (χ2v) is 3.19. The van der Waals surface area contributed by atoms with Crippen LogP contribution in [0.1, 0.15) is 12.5 Å². The summed E-state index contributed by atoms with van der Waals surface area (Å²) in [6, 6.07) is 7.52. The number of hydrogen-bond donors (Lipinski definition) is 1. The molecule has 88 valence electrons. The van der Waals surface area contributed by atoms with Crippen molar-refractivity contribution < 1.29 is 9.53 Å². The zero-order chi connectivity index (χ0) is 12.5. The fourth-order valence-electron chi connectivity index (χ4n) is 1.21. The first-order valence-electron chi connectivity index (χ1n) is 5.40. The SMILES string of the molecule is C=CCNc1ccccc1C#CC(=O)OCC. The van der Waals surface area contributed by atoms with E-state index < -0.39 is 5.97 Å². The van der Waals surface area contributed by atoms with Gasteiger partial charge < -0.3 is 10.1 Å². The highest BCUT2D eigenvalue weighted by Crippen LogP contribution is 2.12. The Bertz CT molecular complexity index is 455. The van der Waals surface area contributed by atoms with Crippen molar-refractivity contribution in [3.63, 3.8) is 0 Å². The summed E-state index contributed by atoms with van der Waals surface area (Å²) in [6.07, 6.45) is 1.76. The first-order valence-corrected chi connectivity index (χ1v) is 5.40. The molecule has 0 fully saturated rings. The third-order valence-corrected chi connectivity index (χ3v) is 1.94. The van der Waals surface area contributed by atoms with Gasteiger partial charge in [-0.25, -0.2) is 4.79 Å². The molecule has 1 aromatic carbocycles. The molecule has 0 heterocycles. The Kier molecular flexibility index (Phi) is 5.39. The number of carbonyl (C=O) groups is 1. The normalized spacial score (nSPS) is 8.76. The van der Waals surface area contributed by atoms with Gasteiger partial charge in [0.05, 0.1) is 12.3 Å². The molecular weight excluding hydrogens is 214 g/mol. The van der Waals surface area contributed by atoms with Crippen molar-refractivity contribution in [2.24, 2.45) is 0 Å². The highest BCUT2D eigenvalue weighted by molar-refractivity contribution is 5.89. The van der Waals surface area contributed by atoms with E-state index in [4.69, 9.17) is 4.74 Å². The molecule has 3 nitrogen and oxygen atoms in total. The number of anilines is 1. The van der Waals surface area contributed by atoms with E-state index in [1.54, 1.807) is 13.0 Å². The fourth-order valence-corrected chi connectivity index (χ4v) is 1.21. The van der Waals surface area contributed by atoms with Gasteiger partial charge in [0.2, 0.25) is 0 Å². The summed E-state index contributed by atoms with van der Waals surface area (Å²) >= 11 is 0. The average Bonchev–Trinajstić information content (AvgIpc) is 2.35. The van der Waals surface area contributed by atoms with Gasteiger partial charge in [-0.05, 0) is 19.1 Å². The van der Waals surface area contributed by atoms with Crippen LogP contribution in [-0.4, -0.2) is 19.1 Å². The monoisotopic (exact) mass is 229 g/mol.